The third-order valence-corrected chi connectivity index (χ3v) is 5.03. The van der Waals surface area contributed by atoms with E-state index >= 15 is 0 Å². The number of benzene rings is 2. The van der Waals surface area contributed by atoms with Crippen molar-refractivity contribution in [1.82, 2.24) is 14.8 Å². The number of carbonyl (C=O) groups is 1. The van der Waals surface area contributed by atoms with Gasteiger partial charge in [0.05, 0.1) is 12.3 Å². The number of rotatable bonds is 7. The zero-order valence-corrected chi connectivity index (χ0v) is 15.8. The predicted molar refractivity (Wildman–Crippen MR) is 105 cm³/mol. The van der Waals surface area contributed by atoms with Gasteiger partial charge in [0.25, 0.3) is 0 Å². The van der Waals surface area contributed by atoms with Gasteiger partial charge >= 0.3 is 0 Å². The number of hydrogen-bond donors (Lipinski definition) is 1. The summed E-state index contributed by atoms with van der Waals surface area (Å²) in [7, 11) is 0. The highest BCUT2D eigenvalue weighted by Gasteiger charge is 2.12. The number of hydrogen-bond acceptors (Lipinski definition) is 4. The number of amides is 1. The van der Waals surface area contributed by atoms with Crippen LogP contribution in [0.3, 0.4) is 0 Å². The monoisotopic (exact) mass is 366 g/mol. The van der Waals surface area contributed by atoms with Gasteiger partial charge in [-0.3, -0.25) is 4.79 Å². The van der Waals surface area contributed by atoms with E-state index in [4.69, 9.17) is 0 Å². The summed E-state index contributed by atoms with van der Waals surface area (Å²) in [5.41, 5.74) is 3.24. The van der Waals surface area contributed by atoms with Crippen LogP contribution in [-0.4, -0.2) is 26.4 Å². The Labute approximate surface area is 157 Å². The van der Waals surface area contributed by atoms with Gasteiger partial charge in [0.1, 0.15) is 5.82 Å². The fraction of sp³-hybridized carbons (Fsp3) is 0.250. The van der Waals surface area contributed by atoms with Crippen LogP contribution in [-0.2, 0) is 17.8 Å². The fourth-order valence-electron chi connectivity index (χ4n) is 2.57. The Balaban J connectivity index is 1.59. The summed E-state index contributed by atoms with van der Waals surface area (Å²) in [5, 5.41) is 12.0. The number of thioether (sulfide) groups is 1. The van der Waals surface area contributed by atoms with Crippen LogP contribution < -0.4 is 5.32 Å². The molecule has 0 bridgehead atoms. The lowest BCUT2D eigenvalue weighted by molar-refractivity contribution is -0.113. The highest BCUT2D eigenvalue weighted by atomic mass is 32.2. The average molecular weight is 366 g/mol. The molecular formula is C20H22N4OS. The van der Waals surface area contributed by atoms with Crippen LogP contribution in [0.5, 0.6) is 0 Å². The number of aromatic nitrogens is 3. The normalized spacial score (nSPS) is 10.7. The summed E-state index contributed by atoms with van der Waals surface area (Å²) < 4.78 is 2.03. The molecule has 0 atom stereocenters. The van der Waals surface area contributed by atoms with Crippen LogP contribution in [0.25, 0.3) is 0 Å². The van der Waals surface area contributed by atoms with Crippen molar-refractivity contribution in [3.63, 3.8) is 0 Å². The molecule has 0 saturated heterocycles. The van der Waals surface area contributed by atoms with Crippen LogP contribution in [0.15, 0.2) is 59.8 Å². The van der Waals surface area contributed by atoms with Gasteiger partial charge in [-0.25, -0.2) is 0 Å². The van der Waals surface area contributed by atoms with Gasteiger partial charge in [0.15, 0.2) is 5.16 Å². The molecule has 1 heterocycles. The van der Waals surface area contributed by atoms with Crippen LogP contribution in [0.4, 0.5) is 5.69 Å². The van der Waals surface area contributed by atoms with E-state index in [-0.39, 0.29) is 5.91 Å². The molecule has 3 rings (SSSR count). The summed E-state index contributed by atoms with van der Waals surface area (Å²) in [6, 6.07) is 18.1. The molecule has 0 aliphatic heterocycles. The highest BCUT2D eigenvalue weighted by molar-refractivity contribution is 7.99. The maximum absolute atomic E-state index is 12.2. The molecule has 1 aromatic heterocycles. The largest absolute Gasteiger partial charge is 0.325 e. The van der Waals surface area contributed by atoms with E-state index in [1.165, 1.54) is 22.9 Å². The Morgan fingerprint density at radius 2 is 1.77 bits per heavy atom. The van der Waals surface area contributed by atoms with Crippen LogP contribution >= 0.6 is 11.8 Å². The smallest absolute Gasteiger partial charge is 0.234 e. The minimum atomic E-state index is -0.0498. The molecule has 0 saturated carbocycles. The van der Waals surface area contributed by atoms with Gasteiger partial charge < -0.3 is 9.88 Å². The van der Waals surface area contributed by atoms with E-state index in [0.717, 1.165) is 23.1 Å². The van der Waals surface area contributed by atoms with Crippen molar-refractivity contribution in [2.24, 2.45) is 0 Å². The van der Waals surface area contributed by atoms with E-state index in [1.54, 1.807) is 0 Å². The summed E-state index contributed by atoms with van der Waals surface area (Å²) in [4.78, 5) is 12.2. The quantitative estimate of drug-likeness (QED) is 0.644. The fourth-order valence-corrected chi connectivity index (χ4v) is 3.35. The second-order valence-corrected chi connectivity index (χ2v) is 6.93. The molecule has 0 unspecified atom stereocenters. The van der Waals surface area contributed by atoms with Crippen molar-refractivity contribution >= 4 is 23.4 Å². The lowest BCUT2D eigenvalue weighted by atomic mass is 10.1. The Kier molecular flexibility index (Phi) is 6.07. The van der Waals surface area contributed by atoms with Crippen LogP contribution in [0.2, 0.25) is 0 Å². The SMILES string of the molecule is CCc1ccc(NC(=O)CSc2nnc(C)n2Cc2ccccc2)cc1. The molecule has 2 aromatic carbocycles. The van der Waals surface area contributed by atoms with E-state index in [2.05, 4.69) is 34.6 Å². The standard InChI is InChI=1S/C20H22N4OS/c1-3-16-9-11-18(12-10-16)21-19(25)14-26-20-23-22-15(2)24(20)13-17-7-5-4-6-8-17/h4-12H,3,13-14H2,1-2H3,(H,21,25). The number of aryl methyl sites for hydroxylation is 2. The second-order valence-electron chi connectivity index (χ2n) is 5.99. The van der Waals surface area contributed by atoms with Crippen LogP contribution in [0.1, 0.15) is 23.9 Å². The molecule has 134 valence electrons. The minimum absolute atomic E-state index is 0.0498. The summed E-state index contributed by atoms with van der Waals surface area (Å²) in [6.45, 7) is 4.73. The predicted octanol–water partition coefficient (Wildman–Crippen LogP) is 3.93. The number of carbonyl (C=O) groups excluding carboxylic acids is 1. The average Bonchev–Trinajstić information content (AvgIpc) is 3.01. The van der Waals surface area contributed by atoms with Crippen molar-refractivity contribution in [3.8, 4) is 0 Å². The molecule has 0 aliphatic carbocycles. The molecular weight excluding hydrogens is 344 g/mol. The molecule has 1 N–H and O–H groups in total. The first-order valence-electron chi connectivity index (χ1n) is 8.61. The maximum atomic E-state index is 12.2. The van der Waals surface area contributed by atoms with Crippen molar-refractivity contribution in [1.29, 1.82) is 0 Å². The second kappa shape index (κ2) is 8.67. The maximum Gasteiger partial charge on any atom is 0.234 e. The third-order valence-electron chi connectivity index (χ3n) is 4.06. The first kappa shape index (κ1) is 18.2. The Morgan fingerprint density at radius 1 is 1.04 bits per heavy atom. The Morgan fingerprint density at radius 3 is 2.46 bits per heavy atom. The van der Waals surface area contributed by atoms with Crippen molar-refractivity contribution < 1.29 is 4.79 Å². The lowest BCUT2D eigenvalue weighted by Crippen LogP contribution is -2.14. The number of nitrogens with one attached hydrogen (secondary N) is 1. The third kappa shape index (κ3) is 4.73. The molecule has 0 fully saturated rings. The zero-order valence-electron chi connectivity index (χ0n) is 15.0. The van der Waals surface area contributed by atoms with E-state index in [9.17, 15) is 4.79 Å². The van der Waals surface area contributed by atoms with Gasteiger partial charge in [0.2, 0.25) is 5.91 Å². The summed E-state index contributed by atoms with van der Waals surface area (Å²) in [5.74, 6) is 1.08. The summed E-state index contributed by atoms with van der Waals surface area (Å²) >= 11 is 1.40. The Hall–Kier alpha value is -2.60. The summed E-state index contributed by atoms with van der Waals surface area (Å²) in [6.07, 6.45) is 0.987. The topological polar surface area (TPSA) is 59.8 Å². The molecule has 0 radical (unpaired) electrons. The van der Waals surface area contributed by atoms with Crippen molar-refractivity contribution in [2.45, 2.75) is 32.0 Å². The molecule has 5 nitrogen and oxygen atoms in total. The number of anilines is 1. The van der Waals surface area contributed by atoms with E-state index < -0.39 is 0 Å². The zero-order chi connectivity index (χ0) is 18.4. The van der Waals surface area contributed by atoms with Gasteiger partial charge in [-0.1, -0.05) is 61.2 Å². The van der Waals surface area contributed by atoms with Crippen molar-refractivity contribution in [2.75, 3.05) is 11.1 Å². The molecule has 0 aliphatic rings. The van der Waals surface area contributed by atoms with Gasteiger partial charge in [-0.15, -0.1) is 10.2 Å². The first-order chi connectivity index (χ1) is 12.7. The molecule has 6 heteroatoms. The molecule has 0 spiro atoms. The Bertz CT molecular complexity index is 859. The van der Waals surface area contributed by atoms with E-state index in [0.29, 0.717) is 12.3 Å². The van der Waals surface area contributed by atoms with Crippen molar-refractivity contribution in [3.05, 3.63) is 71.5 Å². The molecule has 3 aromatic rings. The van der Waals surface area contributed by atoms with E-state index in [1.807, 2.05) is 54.0 Å². The van der Waals surface area contributed by atoms with Crippen LogP contribution in [0, 0.1) is 6.92 Å². The minimum Gasteiger partial charge on any atom is -0.325 e. The number of nitrogens with zero attached hydrogens (tertiary/aromatic N) is 3. The first-order valence-corrected chi connectivity index (χ1v) is 9.59. The van der Waals surface area contributed by atoms with Gasteiger partial charge in [-0.05, 0) is 36.6 Å². The van der Waals surface area contributed by atoms with Gasteiger partial charge in [0, 0.05) is 5.69 Å². The van der Waals surface area contributed by atoms with Gasteiger partial charge in [-0.2, -0.15) is 0 Å². The molecule has 26 heavy (non-hydrogen) atoms. The highest BCUT2D eigenvalue weighted by Crippen LogP contribution is 2.19. The lowest BCUT2D eigenvalue weighted by Gasteiger charge is -2.09. The molecule has 1 amide bonds.